The molecule has 0 aliphatic rings. The van der Waals surface area contributed by atoms with Gasteiger partial charge in [-0.25, -0.2) is 13.2 Å². The van der Waals surface area contributed by atoms with Crippen LogP contribution in [0.25, 0.3) is 6.08 Å². The van der Waals surface area contributed by atoms with Gasteiger partial charge in [-0.2, -0.15) is 0 Å². The van der Waals surface area contributed by atoms with Crippen molar-refractivity contribution in [2.24, 2.45) is 0 Å². The van der Waals surface area contributed by atoms with Gasteiger partial charge in [0.15, 0.2) is 9.84 Å². The normalized spacial score (nSPS) is 11.7. The van der Waals surface area contributed by atoms with Gasteiger partial charge in [0.25, 0.3) is 0 Å². The fourth-order valence-corrected chi connectivity index (χ4v) is 2.98. The molecule has 0 aliphatic heterocycles. The second-order valence-corrected chi connectivity index (χ2v) is 7.09. The maximum atomic E-state index is 11.6. The standard InChI is InChI=1S/C14H17ClO5S/c1-2-8-21(18,19)9-7-20-13-5-4-12(15)10-11(13)3-6-14(16)17/h3-6,10H,2,7-9H2,1H3,(H,16,17)/b6-3+. The molecule has 7 heteroatoms. The highest BCUT2D eigenvalue weighted by Gasteiger charge is 2.10. The van der Waals surface area contributed by atoms with Crippen LogP contribution in [0, 0.1) is 0 Å². The summed E-state index contributed by atoms with van der Waals surface area (Å²) in [5, 5.41) is 9.07. The van der Waals surface area contributed by atoms with Gasteiger partial charge in [0, 0.05) is 16.7 Å². The maximum absolute atomic E-state index is 11.6. The van der Waals surface area contributed by atoms with E-state index in [-0.39, 0.29) is 18.1 Å². The van der Waals surface area contributed by atoms with Crippen LogP contribution >= 0.6 is 11.6 Å². The van der Waals surface area contributed by atoms with Crippen molar-refractivity contribution in [3.8, 4) is 5.75 Å². The molecule has 1 N–H and O–H groups in total. The summed E-state index contributed by atoms with van der Waals surface area (Å²) < 4.78 is 28.6. The number of ether oxygens (including phenoxy) is 1. The molecule has 0 spiro atoms. The summed E-state index contributed by atoms with van der Waals surface area (Å²) in [5.41, 5.74) is 0.484. The molecule has 0 saturated carbocycles. The van der Waals surface area contributed by atoms with E-state index in [4.69, 9.17) is 21.4 Å². The lowest BCUT2D eigenvalue weighted by molar-refractivity contribution is -0.131. The molecule has 116 valence electrons. The summed E-state index contributed by atoms with van der Waals surface area (Å²) in [5.74, 6) is -0.649. The minimum atomic E-state index is -3.11. The number of sulfone groups is 1. The predicted molar refractivity (Wildman–Crippen MR) is 82.6 cm³/mol. The highest BCUT2D eigenvalue weighted by atomic mass is 35.5. The molecule has 21 heavy (non-hydrogen) atoms. The molecular formula is C14H17ClO5S. The first-order chi connectivity index (χ1) is 9.84. The summed E-state index contributed by atoms with van der Waals surface area (Å²) in [6, 6.07) is 4.72. The van der Waals surface area contributed by atoms with Crippen molar-refractivity contribution >= 4 is 33.5 Å². The number of carboxylic acid groups (broad SMARTS) is 1. The first kappa shape index (κ1) is 17.5. The van der Waals surface area contributed by atoms with Crippen LogP contribution in [0.15, 0.2) is 24.3 Å². The Morgan fingerprint density at radius 1 is 1.38 bits per heavy atom. The molecule has 0 heterocycles. The minimum absolute atomic E-state index is 0.0118. The maximum Gasteiger partial charge on any atom is 0.328 e. The summed E-state index contributed by atoms with van der Waals surface area (Å²) >= 11 is 5.85. The molecule has 0 radical (unpaired) electrons. The zero-order valence-corrected chi connectivity index (χ0v) is 13.2. The molecule has 0 fully saturated rings. The number of aliphatic carboxylic acids is 1. The van der Waals surface area contributed by atoms with E-state index in [2.05, 4.69) is 0 Å². The number of hydrogen-bond donors (Lipinski definition) is 1. The number of rotatable bonds is 8. The molecule has 0 aliphatic carbocycles. The first-order valence-electron chi connectivity index (χ1n) is 6.38. The molecule has 1 aromatic carbocycles. The lowest BCUT2D eigenvalue weighted by Crippen LogP contribution is -2.17. The Hall–Kier alpha value is -1.53. The van der Waals surface area contributed by atoms with Crippen LogP contribution in [0.3, 0.4) is 0 Å². The van der Waals surface area contributed by atoms with Crippen molar-refractivity contribution in [2.75, 3.05) is 18.1 Å². The number of carboxylic acids is 1. The number of carbonyl (C=O) groups is 1. The second-order valence-electron chi connectivity index (χ2n) is 4.35. The number of hydrogen-bond acceptors (Lipinski definition) is 4. The molecular weight excluding hydrogens is 316 g/mol. The van der Waals surface area contributed by atoms with Crippen LogP contribution in [0.1, 0.15) is 18.9 Å². The number of halogens is 1. The molecule has 0 saturated heterocycles. The molecule has 0 atom stereocenters. The van der Waals surface area contributed by atoms with E-state index in [1.165, 1.54) is 6.08 Å². The first-order valence-corrected chi connectivity index (χ1v) is 8.58. The van der Waals surface area contributed by atoms with Gasteiger partial charge in [-0.15, -0.1) is 0 Å². The van der Waals surface area contributed by atoms with Crippen LogP contribution in [-0.4, -0.2) is 37.6 Å². The van der Waals surface area contributed by atoms with Gasteiger partial charge in [0.05, 0.1) is 11.5 Å². The van der Waals surface area contributed by atoms with E-state index < -0.39 is 15.8 Å². The van der Waals surface area contributed by atoms with Gasteiger partial charge in [0.1, 0.15) is 12.4 Å². The van der Waals surface area contributed by atoms with Crippen molar-refractivity contribution in [1.29, 1.82) is 0 Å². The van der Waals surface area contributed by atoms with Crippen LogP contribution in [0.2, 0.25) is 5.02 Å². The van der Waals surface area contributed by atoms with Gasteiger partial charge in [-0.1, -0.05) is 18.5 Å². The Balaban J connectivity index is 2.77. The Kier molecular flexibility index (Phi) is 6.71. The third-order valence-electron chi connectivity index (χ3n) is 2.54. The molecule has 0 bridgehead atoms. The summed E-state index contributed by atoms with van der Waals surface area (Å²) in [4.78, 5) is 10.5. The van der Waals surface area contributed by atoms with E-state index >= 15 is 0 Å². The predicted octanol–water partition coefficient (Wildman–Crippen LogP) is 2.64. The zero-order chi connectivity index (χ0) is 15.9. The van der Waals surface area contributed by atoms with Gasteiger partial charge >= 0.3 is 5.97 Å². The average Bonchev–Trinajstić information content (AvgIpc) is 2.38. The molecule has 5 nitrogen and oxygen atoms in total. The van der Waals surface area contributed by atoms with Crippen molar-refractivity contribution in [1.82, 2.24) is 0 Å². The van der Waals surface area contributed by atoms with Crippen molar-refractivity contribution in [3.05, 3.63) is 34.9 Å². The minimum Gasteiger partial charge on any atom is -0.492 e. The molecule has 1 rings (SSSR count). The highest BCUT2D eigenvalue weighted by Crippen LogP contribution is 2.24. The summed E-state index contributed by atoms with van der Waals surface area (Å²) in [6.07, 6.45) is 2.88. The van der Waals surface area contributed by atoms with E-state index in [1.807, 2.05) is 0 Å². The van der Waals surface area contributed by atoms with E-state index in [9.17, 15) is 13.2 Å². The Morgan fingerprint density at radius 3 is 2.71 bits per heavy atom. The van der Waals surface area contributed by atoms with Gasteiger partial charge in [0.2, 0.25) is 0 Å². The van der Waals surface area contributed by atoms with E-state index in [0.717, 1.165) is 6.08 Å². The van der Waals surface area contributed by atoms with Gasteiger partial charge < -0.3 is 9.84 Å². The van der Waals surface area contributed by atoms with E-state index in [0.29, 0.717) is 22.8 Å². The van der Waals surface area contributed by atoms with Crippen LogP contribution in [0.4, 0.5) is 0 Å². The van der Waals surface area contributed by atoms with Crippen LogP contribution < -0.4 is 4.74 Å². The number of benzene rings is 1. The second kappa shape index (κ2) is 8.05. The average molecular weight is 333 g/mol. The Labute approximate surface area is 129 Å². The van der Waals surface area contributed by atoms with Gasteiger partial charge in [-0.05, 0) is 30.7 Å². The zero-order valence-electron chi connectivity index (χ0n) is 11.6. The smallest absolute Gasteiger partial charge is 0.328 e. The fraction of sp³-hybridized carbons (Fsp3) is 0.357. The lowest BCUT2D eigenvalue weighted by atomic mass is 10.2. The largest absolute Gasteiger partial charge is 0.492 e. The van der Waals surface area contributed by atoms with E-state index in [1.54, 1.807) is 25.1 Å². The SMILES string of the molecule is CCCS(=O)(=O)CCOc1ccc(Cl)cc1/C=C/C(=O)O. The topological polar surface area (TPSA) is 80.7 Å². The lowest BCUT2D eigenvalue weighted by Gasteiger charge is -2.10. The molecule has 0 amide bonds. The monoisotopic (exact) mass is 332 g/mol. The third-order valence-corrected chi connectivity index (χ3v) is 4.60. The Bertz CT molecular complexity index is 622. The third kappa shape index (κ3) is 6.64. The van der Waals surface area contributed by atoms with Crippen molar-refractivity contribution < 1.29 is 23.1 Å². The van der Waals surface area contributed by atoms with Crippen LogP contribution in [0.5, 0.6) is 5.75 Å². The van der Waals surface area contributed by atoms with Crippen LogP contribution in [-0.2, 0) is 14.6 Å². The summed E-state index contributed by atoms with van der Waals surface area (Å²) in [7, 11) is -3.11. The molecule has 0 unspecified atom stereocenters. The van der Waals surface area contributed by atoms with Crippen molar-refractivity contribution in [3.63, 3.8) is 0 Å². The fourth-order valence-electron chi connectivity index (χ4n) is 1.63. The molecule has 0 aromatic heterocycles. The highest BCUT2D eigenvalue weighted by molar-refractivity contribution is 7.91. The van der Waals surface area contributed by atoms with Crippen molar-refractivity contribution in [2.45, 2.75) is 13.3 Å². The van der Waals surface area contributed by atoms with Gasteiger partial charge in [-0.3, -0.25) is 0 Å². The Morgan fingerprint density at radius 2 is 2.10 bits per heavy atom. The summed E-state index contributed by atoms with van der Waals surface area (Å²) in [6.45, 7) is 1.81. The molecule has 1 aromatic rings. The quantitative estimate of drug-likeness (QED) is 0.740.